The van der Waals surface area contributed by atoms with Gasteiger partial charge in [0.2, 0.25) is 0 Å². The number of nitrogens with one attached hydrogen (secondary N) is 2. The summed E-state index contributed by atoms with van der Waals surface area (Å²) in [5.74, 6) is 0. The molecule has 0 aliphatic rings. The Morgan fingerprint density at radius 1 is 1.38 bits per heavy atom. The van der Waals surface area contributed by atoms with E-state index >= 15 is 0 Å². The van der Waals surface area contributed by atoms with Gasteiger partial charge in [-0.25, -0.2) is 0 Å². The molecule has 84 valence electrons. The van der Waals surface area contributed by atoms with Crippen LogP contribution >= 0.6 is 0 Å². The number of hydrogen-bond acceptors (Lipinski definition) is 2. The van der Waals surface area contributed by atoms with Gasteiger partial charge in [-0.2, -0.15) is 0 Å². The molecule has 0 spiro atoms. The topological polar surface area (TPSA) is 44.9 Å². The lowest BCUT2D eigenvalue weighted by Crippen LogP contribution is -1.99. The Morgan fingerprint density at radius 2 is 2.25 bits per heavy atom. The van der Waals surface area contributed by atoms with Crippen LogP contribution in [0.25, 0.3) is 0 Å². The lowest BCUT2D eigenvalue weighted by molar-refractivity contribution is 0.687. The molecular formula is C12H14N2OS. The van der Waals surface area contributed by atoms with Crippen molar-refractivity contribution in [1.82, 2.24) is 4.98 Å². The molecule has 0 saturated heterocycles. The van der Waals surface area contributed by atoms with E-state index in [2.05, 4.69) is 10.3 Å². The van der Waals surface area contributed by atoms with Crippen molar-refractivity contribution in [2.45, 2.75) is 11.4 Å². The second kappa shape index (κ2) is 4.99. The van der Waals surface area contributed by atoms with Crippen LogP contribution in [-0.4, -0.2) is 15.4 Å². The zero-order valence-corrected chi connectivity index (χ0v) is 9.88. The Balaban J connectivity index is 2.04. The minimum Gasteiger partial charge on any atom is -0.381 e. The monoisotopic (exact) mass is 234 g/mol. The van der Waals surface area contributed by atoms with Crippen molar-refractivity contribution in [3.05, 3.63) is 48.3 Å². The smallest absolute Gasteiger partial charge is 0.0498 e. The molecule has 2 aromatic rings. The van der Waals surface area contributed by atoms with Crippen LogP contribution in [0.5, 0.6) is 0 Å². The molecule has 16 heavy (non-hydrogen) atoms. The maximum atomic E-state index is 11.3. The number of H-pyrrole nitrogens is 1. The summed E-state index contributed by atoms with van der Waals surface area (Å²) in [4.78, 5) is 3.85. The maximum absolute atomic E-state index is 11.3. The maximum Gasteiger partial charge on any atom is 0.0498 e. The van der Waals surface area contributed by atoms with E-state index < -0.39 is 10.8 Å². The van der Waals surface area contributed by atoms with E-state index in [0.29, 0.717) is 0 Å². The summed E-state index contributed by atoms with van der Waals surface area (Å²) in [6.45, 7) is 0.767. The van der Waals surface area contributed by atoms with Gasteiger partial charge >= 0.3 is 0 Å². The number of hydrogen-bond donors (Lipinski definition) is 2. The number of benzene rings is 1. The molecule has 0 aliphatic heterocycles. The fourth-order valence-electron chi connectivity index (χ4n) is 1.46. The largest absolute Gasteiger partial charge is 0.381 e. The average Bonchev–Trinajstić information content (AvgIpc) is 2.79. The molecule has 1 heterocycles. The van der Waals surface area contributed by atoms with Crippen LogP contribution in [0.4, 0.5) is 5.69 Å². The van der Waals surface area contributed by atoms with Gasteiger partial charge in [-0.3, -0.25) is 4.21 Å². The Morgan fingerprint density at radius 3 is 2.94 bits per heavy atom. The van der Waals surface area contributed by atoms with Gasteiger partial charge in [0, 0.05) is 46.6 Å². The van der Waals surface area contributed by atoms with Gasteiger partial charge in [-0.1, -0.05) is 6.07 Å². The zero-order chi connectivity index (χ0) is 11.4. The van der Waals surface area contributed by atoms with Gasteiger partial charge in [0.1, 0.15) is 0 Å². The quantitative estimate of drug-likeness (QED) is 0.853. The third-order valence-corrected chi connectivity index (χ3v) is 3.24. The Kier molecular flexibility index (Phi) is 3.41. The predicted molar refractivity (Wildman–Crippen MR) is 66.9 cm³/mol. The fraction of sp³-hybridized carbons (Fsp3) is 0.167. The summed E-state index contributed by atoms with van der Waals surface area (Å²) in [7, 11) is -0.926. The first-order valence-electron chi connectivity index (χ1n) is 5.05. The van der Waals surface area contributed by atoms with E-state index in [1.807, 2.05) is 42.7 Å². The minimum absolute atomic E-state index is 0.767. The summed E-state index contributed by atoms with van der Waals surface area (Å²) in [6, 6.07) is 9.70. The number of aromatic amines is 1. The second-order valence-electron chi connectivity index (χ2n) is 3.55. The molecule has 1 atom stereocenters. The van der Waals surface area contributed by atoms with Crippen molar-refractivity contribution >= 4 is 16.5 Å². The molecule has 2 N–H and O–H groups in total. The molecule has 2 rings (SSSR count). The van der Waals surface area contributed by atoms with Gasteiger partial charge < -0.3 is 10.3 Å². The van der Waals surface area contributed by atoms with E-state index in [9.17, 15) is 4.21 Å². The van der Waals surface area contributed by atoms with E-state index in [0.717, 1.165) is 17.1 Å². The molecule has 0 saturated carbocycles. The van der Waals surface area contributed by atoms with Crippen molar-refractivity contribution in [2.75, 3.05) is 11.6 Å². The van der Waals surface area contributed by atoms with Crippen LogP contribution in [0.1, 0.15) is 5.56 Å². The van der Waals surface area contributed by atoms with E-state index in [1.54, 1.807) is 6.26 Å². The molecule has 3 nitrogen and oxygen atoms in total. The first-order chi connectivity index (χ1) is 7.75. The first-order valence-corrected chi connectivity index (χ1v) is 6.60. The summed E-state index contributed by atoms with van der Waals surface area (Å²) in [5, 5.41) is 3.29. The van der Waals surface area contributed by atoms with E-state index in [4.69, 9.17) is 0 Å². The molecule has 1 aromatic carbocycles. The molecule has 1 unspecified atom stereocenters. The van der Waals surface area contributed by atoms with Crippen LogP contribution in [0.2, 0.25) is 0 Å². The van der Waals surface area contributed by atoms with Crippen molar-refractivity contribution in [1.29, 1.82) is 0 Å². The van der Waals surface area contributed by atoms with Gasteiger partial charge in [-0.15, -0.1) is 0 Å². The van der Waals surface area contributed by atoms with Crippen molar-refractivity contribution in [3.8, 4) is 0 Å². The minimum atomic E-state index is -0.926. The lowest BCUT2D eigenvalue weighted by Gasteiger charge is -2.06. The lowest BCUT2D eigenvalue weighted by atomic mass is 10.3. The highest BCUT2D eigenvalue weighted by molar-refractivity contribution is 7.84. The van der Waals surface area contributed by atoms with Crippen LogP contribution in [0.3, 0.4) is 0 Å². The summed E-state index contributed by atoms with van der Waals surface area (Å²) in [6.07, 6.45) is 5.54. The molecule has 0 fully saturated rings. The third-order valence-electron chi connectivity index (χ3n) is 2.32. The molecule has 0 amide bonds. The summed E-state index contributed by atoms with van der Waals surface area (Å²) >= 11 is 0. The van der Waals surface area contributed by atoms with Crippen molar-refractivity contribution in [3.63, 3.8) is 0 Å². The van der Waals surface area contributed by atoms with Gasteiger partial charge in [-0.05, 0) is 29.8 Å². The van der Waals surface area contributed by atoms with Crippen molar-refractivity contribution < 1.29 is 4.21 Å². The normalized spacial score (nSPS) is 12.3. The molecule has 0 bridgehead atoms. The summed E-state index contributed by atoms with van der Waals surface area (Å²) in [5.41, 5.74) is 2.19. The fourth-order valence-corrected chi connectivity index (χ4v) is 2.02. The number of anilines is 1. The SMILES string of the molecule is CS(=O)c1cccc(NCc2cc[nH]c2)c1. The van der Waals surface area contributed by atoms with Gasteiger partial charge in [0.15, 0.2) is 0 Å². The standard InChI is InChI=1S/C12H14N2OS/c1-16(15)12-4-2-3-11(7-12)14-9-10-5-6-13-8-10/h2-8,13-14H,9H2,1H3. The average molecular weight is 234 g/mol. The van der Waals surface area contributed by atoms with Crippen LogP contribution in [-0.2, 0) is 17.3 Å². The van der Waals surface area contributed by atoms with Crippen LogP contribution < -0.4 is 5.32 Å². The van der Waals surface area contributed by atoms with Crippen LogP contribution in [0.15, 0.2) is 47.6 Å². The van der Waals surface area contributed by atoms with E-state index in [1.165, 1.54) is 5.56 Å². The highest BCUT2D eigenvalue weighted by atomic mass is 32.2. The zero-order valence-electron chi connectivity index (χ0n) is 9.07. The van der Waals surface area contributed by atoms with Gasteiger partial charge in [0.05, 0.1) is 0 Å². The number of rotatable bonds is 4. The van der Waals surface area contributed by atoms with Gasteiger partial charge in [0.25, 0.3) is 0 Å². The second-order valence-corrected chi connectivity index (χ2v) is 4.93. The summed E-state index contributed by atoms with van der Waals surface area (Å²) < 4.78 is 11.3. The Labute approximate surface area is 97.4 Å². The predicted octanol–water partition coefficient (Wildman–Crippen LogP) is 2.36. The highest BCUT2D eigenvalue weighted by Gasteiger charge is 1.99. The molecule has 4 heteroatoms. The van der Waals surface area contributed by atoms with E-state index in [-0.39, 0.29) is 0 Å². The first kappa shape index (κ1) is 11.0. The Hall–Kier alpha value is -1.55. The number of aromatic nitrogens is 1. The molecule has 0 radical (unpaired) electrons. The molecular weight excluding hydrogens is 220 g/mol. The van der Waals surface area contributed by atoms with Crippen molar-refractivity contribution in [2.24, 2.45) is 0 Å². The Bertz CT molecular complexity index is 480. The molecule has 0 aliphatic carbocycles. The third kappa shape index (κ3) is 2.73. The van der Waals surface area contributed by atoms with Crippen LogP contribution in [0, 0.1) is 0 Å². The molecule has 1 aromatic heterocycles. The highest BCUT2D eigenvalue weighted by Crippen LogP contribution is 2.14.